The minimum absolute atomic E-state index is 0.234. The standard InChI is InChI=1S/C20H18Cl2N2O4/c21-14-5-3-12(10-15(14)22)20(26)24-7-1-2-16(24)19(25)23-13-4-6-17-18(11-13)28-9-8-27-17/h3-6,10-11,16H,1-2,7-9H2,(H,23,25)/t16-/m1/s1. The van der Waals surface area contributed by atoms with Gasteiger partial charge in [0.25, 0.3) is 5.91 Å². The Bertz CT molecular complexity index is 934. The largest absolute Gasteiger partial charge is 0.486 e. The maximum Gasteiger partial charge on any atom is 0.254 e. The lowest BCUT2D eigenvalue weighted by molar-refractivity contribution is -0.119. The van der Waals surface area contributed by atoms with Crippen molar-refractivity contribution in [2.24, 2.45) is 0 Å². The molecule has 2 aromatic carbocycles. The lowest BCUT2D eigenvalue weighted by Crippen LogP contribution is -2.43. The van der Waals surface area contributed by atoms with Gasteiger partial charge in [0, 0.05) is 23.9 Å². The van der Waals surface area contributed by atoms with E-state index in [2.05, 4.69) is 5.32 Å². The van der Waals surface area contributed by atoms with Crippen LogP contribution in [-0.2, 0) is 4.79 Å². The van der Waals surface area contributed by atoms with Crippen LogP contribution >= 0.6 is 23.2 Å². The van der Waals surface area contributed by atoms with E-state index in [1.54, 1.807) is 35.2 Å². The van der Waals surface area contributed by atoms with E-state index in [0.717, 1.165) is 6.42 Å². The molecular formula is C20H18Cl2N2O4. The number of carbonyl (C=O) groups excluding carboxylic acids is 2. The fraction of sp³-hybridized carbons (Fsp3) is 0.300. The van der Waals surface area contributed by atoms with Gasteiger partial charge >= 0.3 is 0 Å². The fourth-order valence-corrected chi connectivity index (χ4v) is 3.72. The molecule has 1 atom stereocenters. The number of benzene rings is 2. The molecule has 0 aromatic heterocycles. The highest BCUT2D eigenvalue weighted by molar-refractivity contribution is 6.42. The predicted molar refractivity (Wildman–Crippen MR) is 107 cm³/mol. The van der Waals surface area contributed by atoms with Crippen molar-refractivity contribution in [1.29, 1.82) is 0 Å². The summed E-state index contributed by atoms with van der Waals surface area (Å²) in [6.45, 7) is 1.49. The zero-order valence-electron chi connectivity index (χ0n) is 14.9. The molecule has 2 aliphatic heterocycles. The molecule has 2 aliphatic rings. The van der Waals surface area contributed by atoms with Crippen molar-refractivity contribution in [3.63, 3.8) is 0 Å². The smallest absolute Gasteiger partial charge is 0.254 e. The second-order valence-corrected chi connectivity index (χ2v) is 7.45. The van der Waals surface area contributed by atoms with Crippen LogP contribution in [0.2, 0.25) is 10.0 Å². The molecule has 1 N–H and O–H groups in total. The van der Waals surface area contributed by atoms with E-state index in [0.29, 0.717) is 59.0 Å². The van der Waals surface area contributed by atoms with Gasteiger partial charge in [-0.25, -0.2) is 0 Å². The highest BCUT2D eigenvalue weighted by atomic mass is 35.5. The molecule has 0 aliphatic carbocycles. The van der Waals surface area contributed by atoms with Crippen LogP contribution in [0.3, 0.4) is 0 Å². The number of nitrogens with zero attached hydrogens (tertiary/aromatic N) is 1. The van der Waals surface area contributed by atoms with Gasteiger partial charge in [-0.05, 0) is 43.2 Å². The maximum absolute atomic E-state index is 12.9. The van der Waals surface area contributed by atoms with Crippen LogP contribution in [-0.4, -0.2) is 42.5 Å². The number of hydrogen-bond donors (Lipinski definition) is 1. The van der Waals surface area contributed by atoms with Crippen molar-refractivity contribution < 1.29 is 19.1 Å². The van der Waals surface area contributed by atoms with Crippen molar-refractivity contribution in [3.05, 3.63) is 52.0 Å². The average molecular weight is 421 g/mol. The number of anilines is 1. The van der Waals surface area contributed by atoms with Gasteiger partial charge in [0.15, 0.2) is 11.5 Å². The Hall–Kier alpha value is -2.44. The predicted octanol–water partition coefficient (Wildman–Crippen LogP) is 4.01. The number of amides is 2. The Morgan fingerprint density at radius 2 is 1.79 bits per heavy atom. The summed E-state index contributed by atoms with van der Waals surface area (Å²) < 4.78 is 11.0. The van der Waals surface area contributed by atoms with Crippen molar-refractivity contribution >= 4 is 40.7 Å². The number of likely N-dealkylation sites (tertiary alicyclic amines) is 1. The molecule has 0 bridgehead atoms. The van der Waals surface area contributed by atoms with Crippen LogP contribution in [0.15, 0.2) is 36.4 Å². The molecule has 1 fully saturated rings. The number of halogens is 2. The number of rotatable bonds is 3. The van der Waals surface area contributed by atoms with Gasteiger partial charge in [-0.1, -0.05) is 23.2 Å². The van der Waals surface area contributed by atoms with E-state index >= 15 is 0 Å². The molecule has 6 nitrogen and oxygen atoms in total. The van der Waals surface area contributed by atoms with Crippen molar-refractivity contribution in [2.45, 2.75) is 18.9 Å². The summed E-state index contributed by atoms with van der Waals surface area (Å²) >= 11 is 11.9. The van der Waals surface area contributed by atoms with E-state index in [-0.39, 0.29) is 11.8 Å². The summed E-state index contributed by atoms with van der Waals surface area (Å²) in [5, 5.41) is 3.57. The van der Waals surface area contributed by atoms with Crippen LogP contribution in [0, 0.1) is 0 Å². The van der Waals surface area contributed by atoms with E-state index in [4.69, 9.17) is 32.7 Å². The first kappa shape index (κ1) is 18.9. The van der Waals surface area contributed by atoms with Crippen molar-refractivity contribution in [3.8, 4) is 11.5 Å². The highest BCUT2D eigenvalue weighted by Gasteiger charge is 2.34. The number of hydrogen-bond acceptors (Lipinski definition) is 4. The summed E-state index contributed by atoms with van der Waals surface area (Å²) in [5.41, 5.74) is 1.01. The molecule has 0 unspecified atom stereocenters. The molecule has 0 spiro atoms. The monoisotopic (exact) mass is 420 g/mol. The van der Waals surface area contributed by atoms with Gasteiger partial charge in [0.1, 0.15) is 19.3 Å². The number of nitrogens with one attached hydrogen (secondary N) is 1. The SMILES string of the molecule is O=C(Nc1ccc2c(c1)OCCO2)[C@H]1CCCN1C(=O)c1ccc(Cl)c(Cl)c1. The molecule has 28 heavy (non-hydrogen) atoms. The topological polar surface area (TPSA) is 67.9 Å². The van der Waals surface area contributed by atoms with Crippen molar-refractivity contribution in [1.82, 2.24) is 4.90 Å². The zero-order valence-corrected chi connectivity index (χ0v) is 16.4. The van der Waals surface area contributed by atoms with Gasteiger partial charge in [-0.2, -0.15) is 0 Å². The van der Waals surface area contributed by atoms with Crippen LogP contribution in [0.4, 0.5) is 5.69 Å². The summed E-state index contributed by atoms with van der Waals surface area (Å²) in [6.07, 6.45) is 1.36. The number of carbonyl (C=O) groups is 2. The Morgan fingerprint density at radius 1 is 1.00 bits per heavy atom. The van der Waals surface area contributed by atoms with Gasteiger partial charge in [-0.15, -0.1) is 0 Å². The molecule has 8 heteroatoms. The third kappa shape index (κ3) is 3.75. The van der Waals surface area contributed by atoms with Crippen LogP contribution in [0.5, 0.6) is 11.5 Å². The Balaban J connectivity index is 1.49. The molecule has 0 radical (unpaired) electrons. The zero-order chi connectivity index (χ0) is 19.7. The molecule has 0 saturated carbocycles. The van der Waals surface area contributed by atoms with Gasteiger partial charge < -0.3 is 19.7 Å². The quantitative estimate of drug-likeness (QED) is 0.814. The van der Waals surface area contributed by atoms with Gasteiger partial charge in [0.05, 0.1) is 10.0 Å². The Kier molecular flexibility index (Phi) is 5.33. The van der Waals surface area contributed by atoms with Gasteiger partial charge in [-0.3, -0.25) is 9.59 Å². The molecule has 1 saturated heterocycles. The molecular weight excluding hydrogens is 403 g/mol. The lowest BCUT2D eigenvalue weighted by Gasteiger charge is -2.24. The van der Waals surface area contributed by atoms with Crippen LogP contribution in [0.1, 0.15) is 23.2 Å². The summed E-state index contributed by atoms with van der Waals surface area (Å²) in [4.78, 5) is 27.3. The number of fused-ring (bicyclic) bond motifs is 1. The first-order valence-electron chi connectivity index (χ1n) is 8.99. The Morgan fingerprint density at radius 3 is 2.57 bits per heavy atom. The second-order valence-electron chi connectivity index (χ2n) is 6.63. The average Bonchev–Trinajstić information content (AvgIpc) is 3.19. The third-order valence-corrected chi connectivity index (χ3v) is 5.53. The first-order valence-corrected chi connectivity index (χ1v) is 9.75. The third-order valence-electron chi connectivity index (χ3n) is 4.79. The Labute approximate surface area is 172 Å². The van der Waals surface area contributed by atoms with Crippen molar-refractivity contribution in [2.75, 3.05) is 25.1 Å². The molecule has 2 amide bonds. The van der Waals surface area contributed by atoms with Gasteiger partial charge in [0.2, 0.25) is 5.91 Å². The minimum atomic E-state index is -0.546. The molecule has 4 rings (SSSR count). The summed E-state index contributed by atoms with van der Waals surface area (Å²) in [7, 11) is 0. The molecule has 2 aromatic rings. The van der Waals surface area contributed by atoms with E-state index < -0.39 is 6.04 Å². The van der Waals surface area contributed by atoms with E-state index in [1.165, 1.54) is 6.07 Å². The fourth-order valence-electron chi connectivity index (χ4n) is 3.42. The first-order chi connectivity index (χ1) is 13.5. The normalized spacial score (nSPS) is 18.1. The lowest BCUT2D eigenvalue weighted by atomic mass is 10.1. The van der Waals surface area contributed by atoms with Crippen LogP contribution < -0.4 is 14.8 Å². The summed E-state index contributed by atoms with van der Waals surface area (Å²) in [5.74, 6) is 0.779. The van der Waals surface area contributed by atoms with Crippen LogP contribution in [0.25, 0.3) is 0 Å². The molecule has 2 heterocycles. The summed E-state index contributed by atoms with van der Waals surface area (Å²) in [6, 6.07) is 9.42. The molecule has 146 valence electrons. The minimum Gasteiger partial charge on any atom is -0.486 e. The highest BCUT2D eigenvalue weighted by Crippen LogP contribution is 2.33. The second kappa shape index (κ2) is 7.89. The van der Waals surface area contributed by atoms with E-state index in [1.807, 2.05) is 0 Å². The number of ether oxygens (including phenoxy) is 2. The maximum atomic E-state index is 12.9. The van der Waals surface area contributed by atoms with E-state index in [9.17, 15) is 9.59 Å².